The van der Waals surface area contributed by atoms with Crippen LogP contribution in [0.2, 0.25) is 0 Å². The summed E-state index contributed by atoms with van der Waals surface area (Å²) in [7, 11) is 0. The van der Waals surface area contributed by atoms with E-state index in [9.17, 15) is 0 Å². The molecule has 7 heteroatoms. The maximum Gasteiger partial charge on any atom is 0.182 e. The van der Waals surface area contributed by atoms with Crippen molar-refractivity contribution in [2.45, 2.75) is 0 Å². The van der Waals surface area contributed by atoms with E-state index in [4.69, 9.17) is 15.0 Å². The molecular weight excluding hydrogens is 759 g/mol. The van der Waals surface area contributed by atoms with E-state index in [2.05, 4.69) is 183 Å². The fourth-order valence-corrected chi connectivity index (χ4v) is 9.00. The minimum Gasteiger partial charge on any atom is -0.309 e. The van der Waals surface area contributed by atoms with Gasteiger partial charge in [-0.05, 0) is 77.9 Å². The van der Waals surface area contributed by atoms with E-state index < -0.39 is 0 Å². The minimum absolute atomic E-state index is 0.475. The molecule has 0 saturated carbocycles. The van der Waals surface area contributed by atoms with E-state index >= 15 is 0 Å². The van der Waals surface area contributed by atoms with Gasteiger partial charge < -0.3 is 9.13 Å². The third kappa shape index (κ3) is 5.79. The van der Waals surface area contributed by atoms with E-state index in [1.54, 1.807) is 12.4 Å². The average Bonchev–Trinajstić information content (AvgIpc) is 3.87. The molecule has 12 rings (SSSR count). The number of hydrogen-bond acceptors (Lipinski definition) is 5. The Balaban J connectivity index is 1.22. The van der Waals surface area contributed by atoms with Gasteiger partial charge in [-0.15, -0.1) is 0 Å². The molecule has 62 heavy (non-hydrogen) atoms. The fourth-order valence-electron chi connectivity index (χ4n) is 9.00. The highest BCUT2D eigenvalue weighted by molar-refractivity contribution is 6.26. The Labute approximate surface area is 356 Å². The second-order valence-corrected chi connectivity index (χ2v) is 15.3. The van der Waals surface area contributed by atoms with Gasteiger partial charge in [0, 0.05) is 56.3 Å². The Morgan fingerprint density at radius 1 is 0.339 bits per heavy atom. The second kappa shape index (κ2) is 14.6. The lowest BCUT2D eigenvalue weighted by Crippen LogP contribution is -2.04. The number of aromatic nitrogens is 7. The van der Waals surface area contributed by atoms with Crippen molar-refractivity contribution in [2.75, 3.05) is 0 Å². The molecule has 0 N–H and O–H groups in total. The van der Waals surface area contributed by atoms with Gasteiger partial charge in [0.25, 0.3) is 0 Å². The van der Waals surface area contributed by atoms with E-state index in [0.717, 1.165) is 50.2 Å². The Morgan fingerprint density at radius 3 is 1.42 bits per heavy atom. The zero-order chi connectivity index (χ0) is 41.0. The normalized spacial score (nSPS) is 11.5. The van der Waals surface area contributed by atoms with E-state index in [1.165, 1.54) is 32.6 Å². The molecule has 5 heterocycles. The van der Waals surface area contributed by atoms with Gasteiger partial charge in [-0.2, -0.15) is 0 Å². The van der Waals surface area contributed by atoms with Crippen molar-refractivity contribution in [1.29, 1.82) is 0 Å². The SMILES string of the molecule is c1ccc(-c2cc(-c3nc(-c4ccccn4)nc(-c4ccccn4)n3)cc(-c3ccccc3)c2-n2c3ccccc3c3c2ccc2c4ccccc4n(-c4ccccc4)c23)cc1. The molecule has 0 atom stereocenters. The maximum absolute atomic E-state index is 5.13. The zero-order valence-electron chi connectivity index (χ0n) is 33.3. The summed E-state index contributed by atoms with van der Waals surface area (Å²) in [5.74, 6) is 1.48. The molecule has 0 bridgehead atoms. The first-order valence-corrected chi connectivity index (χ1v) is 20.7. The smallest absolute Gasteiger partial charge is 0.182 e. The van der Waals surface area contributed by atoms with Crippen LogP contribution in [-0.4, -0.2) is 34.1 Å². The van der Waals surface area contributed by atoms with Crippen LogP contribution in [0.3, 0.4) is 0 Å². The van der Waals surface area contributed by atoms with Crippen molar-refractivity contribution in [3.63, 3.8) is 0 Å². The molecular formula is C55H35N7. The highest BCUT2D eigenvalue weighted by atomic mass is 15.1. The Hall–Kier alpha value is -8.55. The molecule has 0 unspecified atom stereocenters. The lowest BCUT2D eigenvalue weighted by Gasteiger charge is -2.21. The van der Waals surface area contributed by atoms with Gasteiger partial charge in [0.15, 0.2) is 17.5 Å². The summed E-state index contributed by atoms with van der Waals surface area (Å²) in [6.45, 7) is 0. The molecule has 7 nitrogen and oxygen atoms in total. The molecule has 7 aromatic carbocycles. The Morgan fingerprint density at radius 2 is 0.839 bits per heavy atom. The first-order chi connectivity index (χ1) is 30.8. The molecule has 12 aromatic rings. The van der Waals surface area contributed by atoms with Crippen LogP contribution in [0.4, 0.5) is 0 Å². The minimum atomic E-state index is 0.475. The van der Waals surface area contributed by atoms with Crippen molar-refractivity contribution >= 4 is 43.6 Å². The van der Waals surface area contributed by atoms with Crippen LogP contribution in [0.5, 0.6) is 0 Å². The predicted molar refractivity (Wildman–Crippen MR) is 251 cm³/mol. The summed E-state index contributed by atoms with van der Waals surface area (Å²) in [5.41, 5.74) is 13.1. The summed E-state index contributed by atoms with van der Waals surface area (Å²) in [4.78, 5) is 24.4. The summed E-state index contributed by atoms with van der Waals surface area (Å²) >= 11 is 0. The third-order valence-electron chi connectivity index (χ3n) is 11.7. The lowest BCUT2D eigenvalue weighted by molar-refractivity contribution is 1.05. The van der Waals surface area contributed by atoms with Gasteiger partial charge in [-0.1, -0.05) is 133 Å². The fraction of sp³-hybridized carbons (Fsp3) is 0. The van der Waals surface area contributed by atoms with Crippen molar-refractivity contribution < 1.29 is 0 Å². The number of fused-ring (bicyclic) bond motifs is 7. The van der Waals surface area contributed by atoms with Crippen LogP contribution in [0.1, 0.15) is 0 Å². The van der Waals surface area contributed by atoms with Gasteiger partial charge in [0.05, 0.1) is 27.8 Å². The number of hydrogen-bond donors (Lipinski definition) is 0. The molecule has 0 aliphatic carbocycles. The second-order valence-electron chi connectivity index (χ2n) is 15.3. The molecule has 0 fully saturated rings. The summed E-state index contributed by atoms with van der Waals surface area (Å²) in [6.07, 6.45) is 3.52. The highest BCUT2D eigenvalue weighted by Gasteiger charge is 2.25. The number of pyridine rings is 2. The number of benzene rings is 7. The monoisotopic (exact) mass is 793 g/mol. The third-order valence-corrected chi connectivity index (χ3v) is 11.7. The molecule has 0 aliphatic rings. The molecule has 0 spiro atoms. The summed E-state index contributed by atoms with van der Waals surface area (Å²) in [6, 6.07) is 70.1. The van der Waals surface area contributed by atoms with Gasteiger partial charge in [-0.25, -0.2) is 15.0 Å². The van der Waals surface area contributed by atoms with Crippen LogP contribution >= 0.6 is 0 Å². The van der Waals surface area contributed by atoms with Crippen molar-refractivity contribution in [1.82, 2.24) is 34.1 Å². The van der Waals surface area contributed by atoms with Crippen LogP contribution in [0.15, 0.2) is 213 Å². The van der Waals surface area contributed by atoms with Gasteiger partial charge >= 0.3 is 0 Å². The van der Waals surface area contributed by atoms with Crippen LogP contribution in [0, 0.1) is 0 Å². The van der Waals surface area contributed by atoms with Gasteiger partial charge in [0.1, 0.15) is 11.4 Å². The number of para-hydroxylation sites is 3. The first kappa shape index (κ1) is 35.4. The van der Waals surface area contributed by atoms with Gasteiger partial charge in [-0.3, -0.25) is 9.97 Å². The van der Waals surface area contributed by atoms with E-state index in [-0.39, 0.29) is 0 Å². The number of rotatable bonds is 7. The van der Waals surface area contributed by atoms with Gasteiger partial charge in [0.2, 0.25) is 0 Å². The molecule has 5 aromatic heterocycles. The van der Waals surface area contributed by atoms with Crippen LogP contribution in [0.25, 0.3) is 112 Å². The highest BCUT2D eigenvalue weighted by Crippen LogP contribution is 2.46. The van der Waals surface area contributed by atoms with Crippen LogP contribution < -0.4 is 0 Å². The predicted octanol–water partition coefficient (Wildman–Crippen LogP) is 13.2. The van der Waals surface area contributed by atoms with Crippen molar-refractivity contribution in [2.24, 2.45) is 0 Å². The summed E-state index contributed by atoms with van der Waals surface area (Å²) < 4.78 is 4.90. The molecule has 290 valence electrons. The standard InChI is InChI=1S/C55H35N7/c1-4-18-36(19-5-1)43-34-38(53-58-54(45-26-14-16-32-56-45)60-55(59-53)46-27-15-17-33-57-46)35-44(37-20-6-2-7-21-37)51(43)62-48-29-13-11-25-42(48)50-49(62)31-30-41-40-24-10-12-28-47(40)61(52(41)50)39-22-8-3-9-23-39/h1-35H. The molecule has 0 radical (unpaired) electrons. The van der Waals surface area contributed by atoms with Crippen LogP contribution in [-0.2, 0) is 0 Å². The zero-order valence-corrected chi connectivity index (χ0v) is 33.3. The van der Waals surface area contributed by atoms with E-state index in [1.807, 2.05) is 36.4 Å². The molecule has 0 saturated heterocycles. The molecule has 0 aliphatic heterocycles. The number of nitrogens with zero attached hydrogens (tertiary/aromatic N) is 7. The quantitative estimate of drug-likeness (QED) is 0.161. The van der Waals surface area contributed by atoms with Crippen molar-refractivity contribution in [3.8, 4) is 68.1 Å². The maximum atomic E-state index is 5.13. The largest absolute Gasteiger partial charge is 0.309 e. The topological polar surface area (TPSA) is 74.3 Å². The van der Waals surface area contributed by atoms with Crippen molar-refractivity contribution in [3.05, 3.63) is 213 Å². The summed E-state index contributed by atoms with van der Waals surface area (Å²) in [5, 5.41) is 4.80. The Bertz CT molecular complexity index is 3480. The molecule has 0 amide bonds. The first-order valence-electron chi connectivity index (χ1n) is 20.7. The lowest BCUT2D eigenvalue weighted by atomic mass is 9.92. The Kier molecular flexibility index (Phi) is 8.35. The van der Waals surface area contributed by atoms with E-state index in [0.29, 0.717) is 28.9 Å². The average molecular weight is 794 g/mol.